The Kier molecular flexibility index (Phi) is 4.06. The maximum Gasteiger partial charge on any atom is 0.142 e. The first-order chi connectivity index (χ1) is 6.81. The molecule has 0 fully saturated rings. The van der Waals surface area contributed by atoms with E-state index in [1.54, 1.807) is 12.2 Å². The van der Waals surface area contributed by atoms with Crippen LogP contribution in [0.5, 0.6) is 0 Å². The van der Waals surface area contributed by atoms with Crippen LogP contribution >= 0.6 is 23.5 Å². The van der Waals surface area contributed by atoms with E-state index < -0.39 is 0 Å². The van der Waals surface area contributed by atoms with Crippen molar-refractivity contribution < 1.29 is 4.79 Å². The molecule has 0 aromatic rings. The monoisotopic (exact) mass is 220 g/mol. The fourth-order valence-electron chi connectivity index (χ4n) is 0.709. The third-order valence-electron chi connectivity index (χ3n) is 1.24. The minimum absolute atomic E-state index is 0.420. The van der Waals surface area contributed by atoms with Gasteiger partial charge in [-0.3, -0.25) is 4.79 Å². The van der Waals surface area contributed by atoms with E-state index in [1.807, 2.05) is 12.1 Å². The number of hydrogen-bond acceptors (Lipinski definition) is 5. The van der Waals surface area contributed by atoms with E-state index in [0.717, 1.165) is 4.24 Å². The van der Waals surface area contributed by atoms with Gasteiger partial charge in [0.15, 0.2) is 0 Å². The molecule has 1 heterocycles. The molecule has 0 spiro atoms. The van der Waals surface area contributed by atoms with E-state index in [1.165, 1.54) is 29.6 Å². The highest BCUT2D eigenvalue weighted by molar-refractivity contribution is 8.28. The maximum atomic E-state index is 9.97. The highest BCUT2D eigenvalue weighted by Crippen LogP contribution is 2.48. The SMILES string of the molecule is N#CC1=C(C#N)SC(=C/C=C/C=O)S1. The Morgan fingerprint density at radius 2 is 1.64 bits per heavy atom. The van der Waals surface area contributed by atoms with Gasteiger partial charge in [0.05, 0.1) is 4.24 Å². The van der Waals surface area contributed by atoms with Crippen molar-refractivity contribution >= 4 is 29.8 Å². The summed E-state index contributed by atoms with van der Waals surface area (Å²) < 4.78 is 0.830. The summed E-state index contributed by atoms with van der Waals surface area (Å²) >= 11 is 2.49. The van der Waals surface area contributed by atoms with Gasteiger partial charge in [0, 0.05) is 0 Å². The third-order valence-corrected chi connectivity index (χ3v) is 3.54. The van der Waals surface area contributed by atoms with Crippen LogP contribution < -0.4 is 0 Å². The van der Waals surface area contributed by atoms with E-state index in [2.05, 4.69) is 0 Å². The zero-order chi connectivity index (χ0) is 10.4. The predicted molar refractivity (Wildman–Crippen MR) is 56.7 cm³/mol. The molecule has 3 nitrogen and oxygen atoms in total. The Bertz CT molecular complexity index is 393. The number of rotatable bonds is 2. The Labute approximate surface area is 89.8 Å². The molecule has 0 unspecified atom stereocenters. The van der Waals surface area contributed by atoms with Crippen LogP contribution in [0.15, 0.2) is 32.3 Å². The Balaban J connectivity index is 2.76. The van der Waals surface area contributed by atoms with Crippen molar-refractivity contribution in [1.29, 1.82) is 10.5 Å². The van der Waals surface area contributed by atoms with Crippen LogP contribution in [0.25, 0.3) is 0 Å². The van der Waals surface area contributed by atoms with Gasteiger partial charge >= 0.3 is 0 Å². The summed E-state index contributed by atoms with van der Waals surface area (Å²) in [6, 6.07) is 3.90. The van der Waals surface area contributed by atoms with Gasteiger partial charge in [-0.2, -0.15) is 10.5 Å². The molecule has 1 aliphatic heterocycles. The number of hydrogen-bond donors (Lipinski definition) is 0. The third kappa shape index (κ3) is 2.53. The molecule has 0 amide bonds. The van der Waals surface area contributed by atoms with Gasteiger partial charge in [-0.25, -0.2) is 0 Å². The molecule has 5 heteroatoms. The summed E-state index contributed by atoms with van der Waals surface area (Å²) in [5.74, 6) is 0. The molecule has 0 bridgehead atoms. The molecule has 14 heavy (non-hydrogen) atoms. The first-order valence-electron chi connectivity index (χ1n) is 3.54. The summed E-state index contributed by atoms with van der Waals surface area (Å²) in [5, 5.41) is 17.3. The fourth-order valence-corrected chi connectivity index (χ4v) is 2.69. The van der Waals surface area contributed by atoms with Crippen molar-refractivity contribution in [3.05, 3.63) is 32.3 Å². The van der Waals surface area contributed by atoms with Crippen LogP contribution in [-0.4, -0.2) is 6.29 Å². The molecule has 1 aliphatic rings. The molecule has 0 N–H and O–H groups in total. The van der Waals surface area contributed by atoms with Gasteiger partial charge in [-0.15, -0.1) is 0 Å². The molecule has 68 valence electrons. The second-order valence-corrected chi connectivity index (χ2v) is 4.46. The van der Waals surface area contributed by atoms with Crippen molar-refractivity contribution in [2.24, 2.45) is 0 Å². The fraction of sp³-hybridized carbons (Fsp3) is 0. The molecule has 0 radical (unpaired) electrons. The number of nitrogens with zero attached hydrogens (tertiary/aromatic N) is 2. The number of carbonyl (C=O) groups excluding carboxylic acids is 1. The largest absolute Gasteiger partial charge is 0.299 e. The van der Waals surface area contributed by atoms with Crippen molar-refractivity contribution in [2.75, 3.05) is 0 Å². The highest BCUT2D eigenvalue weighted by Gasteiger charge is 2.19. The summed E-state index contributed by atoms with van der Waals surface area (Å²) in [4.78, 5) is 10.8. The minimum Gasteiger partial charge on any atom is -0.299 e. The smallest absolute Gasteiger partial charge is 0.142 e. The molecule has 0 aromatic carbocycles. The number of aldehydes is 1. The van der Waals surface area contributed by atoms with E-state index in [0.29, 0.717) is 16.1 Å². The van der Waals surface area contributed by atoms with Gasteiger partial charge in [-0.05, 0) is 12.2 Å². The Hall–Kier alpha value is -1.43. The van der Waals surface area contributed by atoms with Crippen LogP contribution in [0.2, 0.25) is 0 Å². The van der Waals surface area contributed by atoms with Gasteiger partial charge in [0.2, 0.25) is 0 Å². The summed E-state index contributed by atoms with van der Waals surface area (Å²) in [6.07, 6.45) is 5.30. The van der Waals surface area contributed by atoms with E-state index in [4.69, 9.17) is 10.5 Å². The topological polar surface area (TPSA) is 64.7 Å². The predicted octanol–water partition coefficient (Wildman–Crippen LogP) is 2.32. The zero-order valence-corrected chi connectivity index (χ0v) is 8.56. The van der Waals surface area contributed by atoms with Crippen LogP contribution in [-0.2, 0) is 4.79 Å². The minimum atomic E-state index is 0.420. The van der Waals surface area contributed by atoms with Crippen LogP contribution in [0.4, 0.5) is 0 Å². The average molecular weight is 220 g/mol. The molecule has 0 atom stereocenters. The number of nitriles is 2. The van der Waals surface area contributed by atoms with Crippen LogP contribution in [0, 0.1) is 22.7 Å². The van der Waals surface area contributed by atoms with Crippen molar-refractivity contribution in [3.63, 3.8) is 0 Å². The lowest BCUT2D eigenvalue weighted by molar-refractivity contribution is -0.104. The zero-order valence-electron chi connectivity index (χ0n) is 6.93. The average Bonchev–Trinajstić information content (AvgIpc) is 2.61. The lowest BCUT2D eigenvalue weighted by Crippen LogP contribution is -1.66. The molecular formula is C9H4N2OS2. The number of carbonyl (C=O) groups is 1. The van der Waals surface area contributed by atoms with Gasteiger partial charge < -0.3 is 0 Å². The highest BCUT2D eigenvalue weighted by atomic mass is 32.2. The van der Waals surface area contributed by atoms with Crippen LogP contribution in [0.1, 0.15) is 0 Å². The lowest BCUT2D eigenvalue weighted by atomic mass is 10.5. The van der Waals surface area contributed by atoms with E-state index in [9.17, 15) is 4.79 Å². The molecule has 0 saturated carbocycles. The first kappa shape index (κ1) is 10.6. The Morgan fingerprint density at radius 1 is 1.07 bits per heavy atom. The second kappa shape index (κ2) is 5.33. The summed E-state index contributed by atoms with van der Waals surface area (Å²) in [7, 11) is 0. The van der Waals surface area contributed by atoms with Crippen molar-refractivity contribution in [3.8, 4) is 12.1 Å². The van der Waals surface area contributed by atoms with Crippen LogP contribution in [0.3, 0.4) is 0 Å². The molecule has 0 aliphatic carbocycles. The molecular weight excluding hydrogens is 216 g/mol. The molecule has 1 rings (SSSR count). The summed E-state index contributed by atoms with van der Waals surface area (Å²) in [5.41, 5.74) is 0. The van der Waals surface area contributed by atoms with E-state index >= 15 is 0 Å². The second-order valence-electron chi connectivity index (χ2n) is 2.09. The van der Waals surface area contributed by atoms with Crippen molar-refractivity contribution in [1.82, 2.24) is 0 Å². The lowest BCUT2D eigenvalue weighted by Gasteiger charge is -1.88. The maximum absolute atomic E-state index is 9.97. The van der Waals surface area contributed by atoms with Gasteiger partial charge in [-0.1, -0.05) is 29.6 Å². The standard InChI is InChI=1S/C9H4N2OS2/c10-5-7-8(6-11)14-9(13-7)3-1-2-4-12/h1-4H/b2-1+. The molecule has 0 saturated heterocycles. The van der Waals surface area contributed by atoms with Gasteiger partial charge in [0.1, 0.15) is 28.2 Å². The normalized spacial score (nSPS) is 15.4. The first-order valence-corrected chi connectivity index (χ1v) is 5.17. The Morgan fingerprint density at radius 3 is 2.07 bits per heavy atom. The number of thioether (sulfide) groups is 2. The number of allylic oxidation sites excluding steroid dienone is 5. The van der Waals surface area contributed by atoms with Crippen molar-refractivity contribution in [2.45, 2.75) is 0 Å². The quantitative estimate of drug-likeness (QED) is 0.528. The van der Waals surface area contributed by atoms with Gasteiger partial charge in [0.25, 0.3) is 0 Å². The van der Waals surface area contributed by atoms with E-state index in [-0.39, 0.29) is 0 Å². The summed E-state index contributed by atoms with van der Waals surface area (Å²) in [6.45, 7) is 0. The molecule has 0 aromatic heterocycles.